The van der Waals surface area contributed by atoms with Gasteiger partial charge < -0.3 is 9.80 Å². The van der Waals surface area contributed by atoms with Crippen LogP contribution in [0.3, 0.4) is 0 Å². The third-order valence-corrected chi connectivity index (χ3v) is 13.6. The molecule has 0 heterocycles. The Bertz CT molecular complexity index is 3560. The van der Waals surface area contributed by atoms with Crippen LogP contribution in [0.1, 0.15) is 25.0 Å². The van der Waals surface area contributed by atoms with Crippen LogP contribution >= 0.6 is 0 Å². The van der Waals surface area contributed by atoms with E-state index >= 15 is 0 Å². The van der Waals surface area contributed by atoms with Gasteiger partial charge >= 0.3 is 0 Å². The molecule has 1 aliphatic rings. The zero-order valence-corrected chi connectivity index (χ0v) is 36.5. The van der Waals surface area contributed by atoms with Crippen LogP contribution in [0.5, 0.6) is 0 Å². The lowest BCUT2D eigenvalue weighted by molar-refractivity contribution is 0.660. The van der Waals surface area contributed by atoms with Crippen molar-refractivity contribution in [3.05, 3.63) is 254 Å². The van der Waals surface area contributed by atoms with Gasteiger partial charge in [0.2, 0.25) is 0 Å². The lowest BCUT2D eigenvalue weighted by Gasteiger charge is -2.30. The van der Waals surface area contributed by atoms with Crippen molar-refractivity contribution in [1.82, 2.24) is 0 Å². The summed E-state index contributed by atoms with van der Waals surface area (Å²) < 4.78 is 0. The van der Waals surface area contributed by atoms with Gasteiger partial charge in [0.05, 0.1) is 17.1 Å². The monoisotopic (exact) mass is 830 g/mol. The molecule has 0 amide bonds. The molecule has 308 valence electrons. The highest BCUT2D eigenvalue weighted by molar-refractivity contribution is 6.09. The average molecular weight is 831 g/mol. The topological polar surface area (TPSA) is 6.48 Å². The molecule has 1 aliphatic carbocycles. The zero-order chi connectivity index (χ0) is 43.5. The largest absolute Gasteiger partial charge is 0.310 e. The number of hydrogen-bond acceptors (Lipinski definition) is 2. The zero-order valence-electron chi connectivity index (χ0n) is 36.5. The second-order valence-electron chi connectivity index (χ2n) is 17.7. The maximum atomic E-state index is 2.49. The van der Waals surface area contributed by atoms with E-state index in [4.69, 9.17) is 0 Å². The van der Waals surface area contributed by atoms with E-state index < -0.39 is 0 Å². The summed E-state index contributed by atoms with van der Waals surface area (Å²) in [5.41, 5.74) is 16.8. The molecule has 0 spiro atoms. The average Bonchev–Trinajstić information content (AvgIpc) is 3.60. The molecule has 65 heavy (non-hydrogen) atoms. The second-order valence-corrected chi connectivity index (χ2v) is 17.7. The molecule has 0 fully saturated rings. The molecule has 0 saturated heterocycles. The third kappa shape index (κ3) is 6.49. The highest BCUT2D eigenvalue weighted by Gasteiger charge is 2.36. The van der Waals surface area contributed by atoms with Gasteiger partial charge in [-0.15, -0.1) is 0 Å². The molecular weight excluding hydrogens is 785 g/mol. The Morgan fingerprint density at radius 3 is 1.42 bits per heavy atom. The van der Waals surface area contributed by atoms with Gasteiger partial charge in [-0.05, 0) is 115 Å². The molecule has 0 unspecified atom stereocenters. The van der Waals surface area contributed by atoms with E-state index in [0.717, 1.165) is 34.1 Å². The Balaban J connectivity index is 0.984. The van der Waals surface area contributed by atoms with Crippen molar-refractivity contribution in [2.24, 2.45) is 0 Å². The van der Waals surface area contributed by atoms with Gasteiger partial charge in [0.15, 0.2) is 0 Å². The first kappa shape index (κ1) is 38.5. The first-order chi connectivity index (χ1) is 32.0. The number of rotatable bonds is 8. The van der Waals surface area contributed by atoms with Gasteiger partial charge in [-0.25, -0.2) is 0 Å². The smallest absolute Gasteiger partial charge is 0.0540 e. The van der Waals surface area contributed by atoms with E-state index in [1.165, 1.54) is 76.8 Å². The summed E-state index contributed by atoms with van der Waals surface area (Å²) in [7, 11) is 0. The van der Waals surface area contributed by atoms with Crippen LogP contribution < -0.4 is 9.80 Å². The van der Waals surface area contributed by atoms with E-state index in [9.17, 15) is 0 Å². The normalized spacial score (nSPS) is 12.6. The van der Waals surface area contributed by atoms with Crippen LogP contribution in [0.15, 0.2) is 243 Å². The molecule has 0 aliphatic heterocycles. The lowest BCUT2D eigenvalue weighted by Crippen LogP contribution is -2.16. The summed E-state index contributed by atoms with van der Waals surface area (Å²) in [4.78, 5) is 4.88. The van der Waals surface area contributed by atoms with Crippen LogP contribution in [0.2, 0.25) is 0 Å². The Hall–Kier alpha value is -8.20. The first-order valence-electron chi connectivity index (χ1n) is 22.6. The van der Waals surface area contributed by atoms with Gasteiger partial charge in [-0.3, -0.25) is 0 Å². The van der Waals surface area contributed by atoms with Crippen LogP contribution in [0, 0.1) is 0 Å². The minimum absolute atomic E-state index is 0.126. The van der Waals surface area contributed by atoms with E-state index in [1.54, 1.807) is 0 Å². The van der Waals surface area contributed by atoms with Crippen molar-refractivity contribution in [3.8, 4) is 33.4 Å². The Kier molecular flexibility index (Phi) is 9.21. The van der Waals surface area contributed by atoms with Gasteiger partial charge in [0, 0.05) is 38.6 Å². The van der Waals surface area contributed by atoms with Crippen molar-refractivity contribution >= 4 is 66.4 Å². The molecule has 0 aromatic heterocycles. The number of benzene rings is 11. The van der Waals surface area contributed by atoms with Crippen LogP contribution in [0.4, 0.5) is 34.1 Å². The predicted octanol–water partition coefficient (Wildman–Crippen LogP) is 17.7. The summed E-state index contributed by atoms with van der Waals surface area (Å²) in [6.45, 7) is 4.73. The van der Waals surface area contributed by atoms with E-state index in [2.05, 4.69) is 266 Å². The summed E-state index contributed by atoms with van der Waals surface area (Å²) in [5, 5.41) is 7.26. The highest BCUT2D eigenvalue weighted by Crippen LogP contribution is 2.52. The summed E-state index contributed by atoms with van der Waals surface area (Å²) >= 11 is 0. The Labute approximate surface area is 380 Å². The SMILES string of the molecule is CC1(C)c2ccccc2-c2ccc(N(c3cccc4ccccc34)c3cccc4c(-c5ccc(N(c6ccc(-c7ccccc7)cc6)c6cccc7ccccc67)cc5)cccc34)cc21. The number of fused-ring (bicyclic) bond motifs is 6. The van der Waals surface area contributed by atoms with Crippen molar-refractivity contribution in [3.63, 3.8) is 0 Å². The van der Waals surface area contributed by atoms with Gasteiger partial charge in [0.25, 0.3) is 0 Å². The van der Waals surface area contributed by atoms with Crippen LogP contribution in [-0.4, -0.2) is 0 Å². The lowest BCUT2D eigenvalue weighted by atomic mass is 9.82. The second kappa shape index (κ2) is 15.6. The quantitative estimate of drug-likeness (QED) is 0.151. The highest BCUT2D eigenvalue weighted by atomic mass is 15.1. The van der Waals surface area contributed by atoms with E-state index in [-0.39, 0.29) is 5.41 Å². The van der Waals surface area contributed by atoms with Crippen LogP contribution in [-0.2, 0) is 5.41 Å². The molecule has 0 radical (unpaired) electrons. The summed E-state index contributed by atoms with van der Waals surface area (Å²) in [5.74, 6) is 0. The number of hydrogen-bond donors (Lipinski definition) is 0. The fourth-order valence-corrected chi connectivity index (χ4v) is 10.4. The summed E-state index contributed by atoms with van der Waals surface area (Å²) in [6, 6.07) is 88.9. The molecule has 2 heteroatoms. The van der Waals surface area contributed by atoms with Crippen LogP contribution in [0.25, 0.3) is 65.7 Å². The maximum absolute atomic E-state index is 2.49. The molecule has 2 nitrogen and oxygen atoms in total. The molecule has 0 saturated carbocycles. The third-order valence-electron chi connectivity index (χ3n) is 13.6. The molecule has 0 atom stereocenters. The van der Waals surface area contributed by atoms with Crippen molar-refractivity contribution in [2.45, 2.75) is 19.3 Å². The Morgan fingerprint density at radius 2 is 0.723 bits per heavy atom. The number of nitrogens with zero attached hydrogens (tertiary/aromatic N) is 2. The molecule has 11 aromatic carbocycles. The fraction of sp³-hybridized carbons (Fsp3) is 0.0476. The minimum atomic E-state index is -0.126. The molecule has 11 aromatic rings. The Morgan fingerprint density at radius 1 is 0.277 bits per heavy atom. The van der Waals surface area contributed by atoms with E-state index in [0.29, 0.717) is 0 Å². The standard InChI is InChI=1S/C63H46N2/c1-63(2)58-28-11-10-24-55(58)56-41-40-50(42-59(56)63)65(61-30-13-21-46-19-7-9-23-53(46)61)62-31-15-26-54-51(25-14-27-57(54)62)47-34-38-49(39-35-47)64(60-29-12-20-45-18-6-8-22-52(45)60)48-36-32-44(33-37-48)43-16-4-3-5-17-43/h3-42H,1-2H3. The van der Waals surface area contributed by atoms with E-state index in [1.807, 2.05) is 0 Å². The maximum Gasteiger partial charge on any atom is 0.0540 e. The minimum Gasteiger partial charge on any atom is -0.310 e. The number of anilines is 6. The predicted molar refractivity (Wildman–Crippen MR) is 277 cm³/mol. The van der Waals surface area contributed by atoms with Crippen molar-refractivity contribution in [1.29, 1.82) is 0 Å². The van der Waals surface area contributed by atoms with Gasteiger partial charge in [-0.2, -0.15) is 0 Å². The van der Waals surface area contributed by atoms with Crippen molar-refractivity contribution in [2.75, 3.05) is 9.80 Å². The molecule has 0 bridgehead atoms. The first-order valence-corrected chi connectivity index (χ1v) is 22.6. The fourth-order valence-electron chi connectivity index (χ4n) is 10.4. The van der Waals surface area contributed by atoms with Crippen molar-refractivity contribution < 1.29 is 0 Å². The van der Waals surface area contributed by atoms with Gasteiger partial charge in [0.1, 0.15) is 0 Å². The molecule has 0 N–H and O–H groups in total. The van der Waals surface area contributed by atoms with Gasteiger partial charge in [-0.1, -0.05) is 202 Å². The molecule has 12 rings (SSSR count). The summed E-state index contributed by atoms with van der Waals surface area (Å²) in [6.07, 6.45) is 0. The molecular formula is C63H46N2.